The molecule has 0 aliphatic rings. The lowest BCUT2D eigenvalue weighted by Crippen LogP contribution is -2.19. The van der Waals surface area contributed by atoms with Gasteiger partial charge >= 0.3 is 5.97 Å². The molecule has 0 spiro atoms. The molecule has 0 aromatic rings. The van der Waals surface area contributed by atoms with Crippen LogP contribution in [0.15, 0.2) is 0 Å². The largest absolute Gasteiger partial charge is 0.462 e. The minimum absolute atomic E-state index is 0.186. The maximum absolute atomic E-state index is 10.9. The van der Waals surface area contributed by atoms with E-state index in [9.17, 15) is 9.59 Å². The molecule has 0 aliphatic carbocycles. The Kier molecular flexibility index (Phi) is 4.50. The summed E-state index contributed by atoms with van der Waals surface area (Å²) in [7, 11) is 0. The Bertz CT molecular complexity index is 140. The molecule has 0 aliphatic heterocycles. The van der Waals surface area contributed by atoms with Crippen LogP contribution in [0.2, 0.25) is 0 Å². The molecule has 1 atom stereocenters. The van der Waals surface area contributed by atoms with Crippen LogP contribution in [0.25, 0.3) is 0 Å². The first-order chi connectivity index (χ1) is 5.07. The third-order valence-corrected chi connectivity index (χ3v) is 1.13. The van der Waals surface area contributed by atoms with Crippen molar-refractivity contribution < 1.29 is 14.3 Å². The second kappa shape index (κ2) is 4.88. The van der Waals surface area contributed by atoms with Gasteiger partial charge in [-0.05, 0) is 13.8 Å². The Morgan fingerprint density at radius 3 is 2.55 bits per heavy atom. The van der Waals surface area contributed by atoms with E-state index in [2.05, 4.69) is 18.6 Å². The minimum atomic E-state index is -0.600. The van der Waals surface area contributed by atoms with Gasteiger partial charge in [-0.2, -0.15) is 0 Å². The summed E-state index contributed by atoms with van der Waals surface area (Å²) in [5.74, 6) is -0.814. The van der Waals surface area contributed by atoms with E-state index in [0.717, 1.165) is 0 Å². The highest BCUT2D eigenvalue weighted by molar-refractivity contribution is 5.75. The Morgan fingerprint density at radius 2 is 2.18 bits per heavy atom. The van der Waals surface area contributed by atoms with Gasteiger partial charge in [-0.15, -0.1) is 0 Å². The highest BCUT2D eigenvalue weighted by Gasteiger charge is 2.14. The maximum Gasteiger partial charge on any atom is 0.309 e. The van der Waals surface area contributed by atoms with Crippen molar-refractivity contribution in [2.75, 3.05) is 0 Å². The molecule has 62 valence electrons. The summed E-state index contributed by atoms with van der Waals surface area (Å²) >= 11 is 0. The van der Waals surface area contributed by atoms with E-state index < -0.39 is 18.0 Å². The zero-order valence-corrected chi connectivity index (χ0v) is 6.58. The van der Waals surface area contributed by atoms with Crippen LogP contribution >= 0.6 is 0 Å². The fourth-order valence-electron chi connectivity index (χ4n) is 0.521. The molecule has 0 rings (SSSR count). The zero-order chi connectivity index (χ0) is 8.85. The summed E-state index contributed by atoms with van der Waals surface area (Å²) in [6.07, 6.45) is 0.273. The molecular formula is C8H12O3. The van der Waals surface area contributed by atoms with Gasteiger partial charge in [-0.25, -0.2) is 0 Å². The van der Waals surface area contributed by atoms with Gasteiger partial charge in [0.1, 0.15) is 12.4 Å². The van der Waals surface area contributed by atoms with Crippen LogP contribution < -0.4 is 0 Å². The smallest absolute Gasteiger partial charge is 0.309 e. The van der Waals surface area contributed by atoms with Crippen molar-refractivity contribution in [2.24, 2.45) is 5.92 Å². The van der Waals surface area contributed by atoms with Gasteiger partial charge in [0.15, 0.2) is 0 Å². The molecule has 0 saturated carbocycles. The van der Waals surface area contributed by atoms with Crippen molar-refractivity contribution in [1.82, 2.24) is 0 Å². The van der Waals surface area contributed by atoms with Gasteiger partial charge in [0, 0.05) is 6.42 Å². The molecule has 3 heteroatoms. The van der Waals surface area contributed by atoms with Crippen molar-refractivity contribution in [3.63, 3.8) is 0 Å². The summed E-state index contributed by atoms with van der Waals surface area (Å²) in [5, 5.41) is 0. The van der Waals surface area contributed by atoms with Crippen LogP contribution in [-0.2, 0) is 14.3 Å². The first-order valence-electron chi connectivity index (χ1n) is 3.38. The van der Waals surface area contributed by atoms with Crippen LogP contribution in [0, 0.1) is 19.8 Å². The zero-order valence-electron chi connectivity index (χ0n) is 6.58. The van der Waals surface area contributed by atoms with Gasteiger partial charge in [0.25, 0.3) is 0 Å². The Hall–Kier alpha value is -0.860. The molecule has 2 radical (unpaired) electrons. The molecule has 0 heterocycles. The van der Waals surface area contributed by atoms with E-state index in [1.54, 1.807) is 6.92 Å². The summed E-state index contributed by atoms with van der Waals surface area (Å²) in [5.41, 5.74) is 0. The second-order valence-corrected chi connectivity index (χ2v) is 2.36. The normalized spacial score (nSPS) is 12.7. The number of esters is 1. The number of aldehydes is 1. The monoisotopic (exact) mass is 156 g/mol. The van der Waals surface area contributed by atoms with Crippen molar-refractivity contribution in [1.29, 1.82) is 0 Å². The van der Waals surface area contributed by atoms with Gasteiger partial charge in [-0.3, -0.25) is 4.79 Å². The predicted molar refractivity (Wildman–Crippen MR) is 40.4 cm³/mol. The van der Waals surface area contributed by atoms with Gasteiger partial charge in [-0.1, -0.05) is 6.92 Å². The first kappa shape index (κ1) is 10.1. The molecule has 0 saturated heterocycles. The number of hydrogen-bond donors (Lipinski definition) is 0. The van der Waals surface area contributed by atoms with Gasteiger partial charge in [0.2, 0.25) is 0 Å². The number of hydrogen-bond acceptors (Lipinski definition) is 3. The molecule has 0 aromatic carbocycles. The van der Waals surface area contributed by atoms with E-state index in [4.69, 9.17) is 0 Å². The molecule has 3 nitrogen and oxygen atoms in total. The third-order valence-electron chi connectivity index (χ3n) is 1.13. The lowest BCUT2D eigenvalue weighted by atomic mass is 10.1. The van der Waals surface area contributed by atoms with Crippen molar-refractivity contribution in [3.05, 3.63) is 13.8 Å². The lowest BCUT2D eigenvalue weighted by molar-refractivity contribution is -0.150. The van der Waals surface area contributed by atoms with E-state index in [0.29, 0.717) is 6.29 Å². The average molecular weight is 156 g/mol. The van der Waals surface area contributed by atoms with Crippen molar-refractivity contribution in [2.45, 2.75) is 19.4 Å². The summed E-state index contributed by atoms with van der Waals surface area (Å²) in [4.78, 5) is 20.8. The summed E-state index contributed by atoms with van der Waals surface area (Å²) < 4.78 is 4.64. The molecule has 0 bridgehead atoms. The summed E-state index contributed by atoms with van der Waals surface area (Å²) in [6.45, 7) is 8.38. The van der Waals surface area contributed by atoms with Crippen LogP contribution in [0.5, 0.6) is 0 Å². The molecule has 1 unspecified atom stereocenters. The van der Waals surface area contributed by atoms with Crippen molar-refractivity contribution >= 4 is 12.3 Å². The predicted octanol–water partition coefficient (Wildman–Crippen LogP) is 0.791. The quantitative estimate of drug-likeness (QED) is 0.446. The first-order valence-corrected chi connectivity index (χ1v) is 3.38. The Labute approximate surface area is 66.7 Å². The fourth-order valence-corrected chi connectivity index (χ4v) is 0.521. The van der Waals surface area contributed by atoms with E-state index in [-0.39, 0.29) is 6.42 Å². The van der Waals surface area contributed by atoms with E-state index in [1.165, 1.54) is 0 Å². The Morgan fingerprint density at radius 1 is 1.64 bits per heavy atom. The minimum Gasteiger partial charge on any atom is -0.462 e. The third kappa shape index (κ3) is 4.53. The Balaban J connectivity index is 3.72. The summed E-state index contributed by atoms with van der Waals surface area (Å²) in [6, 6.07) is 0. The van der Waals surface area contributed by atoms with E-state index in [1.807, 2.05) is 0 Å². The number of ether oxygens (including phenoxy) is 1. The lowest BCUT2D eigenvalue weighted by Gasteiger charge is -2.10. The number of rotatable bonds is 4. The molecule has 0 N–H and O–H groups in total. The highest BCUT2D eigenvalue weighted by Crippen LogP contribution is 2.03. The van der Waals surface area contributed by atoms with Crippen molar-refractivity contribution in [3.8, 4) is 0 Å². The molecule has 0 aromatic heterocycles. The number of carbonyl (C=O) groups excluding carboxylic acids is 2. The molecule has 0 fully saturated rings. The number of carbonyl (C=O) groups is 2. The van der Waals surface area contributed by atoms with Crippen LogP contribution in [0.1, 0.15) is 13.3 Å². The molecule has 11 heavy (non-hydrogen) atoms. The SMILES string of the molecule is [CH2]C([CH2])OC(=O)C(C)CC=O. The molecule has 0 amide bonds. The highest BCUT2D eigenvalue weighted by atomic mass is 16.5. The van der Waals surface area contributed by atoms with Crippen LogP contribution in [0.3, 0.4) is 0 Å². The van der Waals surface area contributed by atoms with Crippen LogP contribution in [-0.4, -0.2) is 18.4 Å². The van der Waals surface area contributed by atoms with Gasteiger partial charge < -0.3 is 9.53 Å². The molecular weight excluding hydrogens is 144 g/mol. The average Bonchev–Trinajstić information content (AvgIpc) is 1.86. The van der Waals surface area contributed by atoms with Gasteiger partial charge in [0.05, 0.1) is 5.92 Å². The topological polar surface area (TPSA) is 43.4 Å². The van der Waals surface area contributed by atoms with Crippen LogP contribution in [0.4, 0.5) is 0 Å². The maximum atomic E-state index is 10.9. The second-order valence-electron chi connectivity index (χ2n) is 2.36. The fraction of sp³-hybridized carbons (Fsp3) is 0.500. The van der Waals surface area contributed by atoms with E-state index >= 15 is 0 Å². The standard InChI is InChI=1S/C8H12O3/c1-6(2)11-8(10)7(3)4-5-9/h5-7H,1-2,4H2,3H3.